The van der Waals surface area contributed by atoms with Crippen LogP contribution in [-0.2, 0) is 4.74 Å². The summed E-state index contributed by atoms with van der Waals surface area (Å²) < 4.78 is 39.8. The summed E-state index contributed by atoms with van der Waals surface area (Å²) >= 11 is 6.21. The lowest BCUT2D eigenvalue weighted by Crippen LogP contribution is -2.42. The first kappa shape index (κ1) is 38.9. The van der Waals surface area contributed by atoms with Gasteiger partial charge in [-0.05, 0) is 52.2 Å². The topological polar surface area (TPSA) is 44.8 Å². The molecule has 0 aliphatic rings. The monoisotopic (exact) mass is 762 g/mol. The molecule has 5 aromatic rings. The number of hydrogen-bond donors (Lipinski definition) is 0. The first-order valence-electron chi connectivity index (χ1n) is 18.0. The van der Waals surface area contributed by atoms with Gasteiger partial charge < -0.3 is 23.2 Å². The van der Waals surface area contributed by atoms with E-state index in [9.17, 15) is 4.79 Å². The molecule has 0 aliphatic carbocycles. The minimum Gasteiger partial charge on any atom is -0.486 e. The molecule has 0 saturated heterocycles. The van der Waals surface area contributed by atoms with Gasteiger partial charge in [0.05, 0.1) is 66.9 Å². The predicted octanol–water partition coefficient (Wildman–Crippen LogP) is 11.1. The van der Waals surface area contributed by atoms with E-state index >= 15 is 4.39 Å². The Morgan fingerprint density at radius 3 is 2.00 bits per heavy atom. The van der Waals surface area contributed by atoms with Crippen molar-refractivity contribution in [1.29, 1.82) is 0 Å². The molecule has 5 rings (SSSR count). The highest BCUT2D eigenvalue weighted by atomic mass is 32.1. The van der Waals surface area contributed by atoms with Crippen molar-refractivity contribution in [2.24, 2.45) is 5.92 Å². The van der Waals surface area contributed by atoms with Crippen molar-refractivity contribution in [1.82, 2.24) is 0 Å². The van der Waals surface area contributed by atoms with E-state index in [0.717, 1.165) is 112 Å². The lowest BCUT2D eigenvalue weighted by molar-refractivity contribution is -0.888. The van der Waals surface area contributed by atoms with Gasteiger partial charge in [-0.1, -0.05) is 33.1 Å². The van der Waals surface area contributed by atoms with Crippen molar-refractivity contribution in [2.75, 3.05) is 74.2 Å². The predicted molar refractivity (Wildman–Crippen MR) is 215 cm³/mol. The molecule has 1 unspecified atom stereocenters. The number of thiophene rings is 4. The first-order chi connectivity index (χ1) is 23.7. The van der Waals surface area contributed by atoms with E-state index in [1.165, 1.54) is 16.2 Å². The van der Waals surface area contributed by atoms with E-state index in [2.05, 4.69) is 74.9 Å². The summed E-state index contributed by atoms with van der Waals surface area (Å²) in [6.07, 6.45) is 4.14. The van der Waals surface area contributed by atoms with Crippen LogP contribution in [0.2, 0.25) is 0 Å². The second kappa shape index (κ2) is 16.2. The molecular weight excluding hydrogens is 708 g/mol. The summed E-state index contributed by atoms with van der Waals surface area (Å²) in [5, 5.41) is 2.63. The van der Waals surface area contributed by atoms with Gasteiger partial charge in [0.2, 0.25) is 0 Å². The third kappa shape index (κ3) is 8.34. The summed E-state index contributed by atoms with van der Waals surface area (Å²) in [7, 11) is 8.90. The van der Waals surface area contributed by atoms with Crippen molar-refractivity contribution in [3.63, 3.8) is 0 Å². The van der Waals surface area contributed by atoms with E-state index in [1.807, 2.05) is 6.92 Å². The summed E-state index contributed by atoms with van der Waals surface area (Å²) in [5.41, 5.74) is 0. The second-order valence-electron chi connectivity index (χ2n) is 14.7. The Morgan fingerprint density at radius 1 is 0.820 bits per heavy atom. The minimum atomic E-state index is -0.561. The maximum absolute atomic E-state index is 16.0. The SMILES string of the molecule is CCCCC(CC)COC(=O)c1sc2c(-c3cc4c(OCC[N+](C)(C)CC)c5sc(C)cc5c(OCC[N+](C)(C)CC)c4s3)sc(C)c2c1F. The number of carbonyl (C=O) groups is 1. The molecule has 50 heavy (non-hydrogen) atoms. The van der Waals surface area contributed by atoms with Crippen LogP contribution in [0.3, 0.4) is 0 Å². The van der Waals surface area contributed by atoms with E-state index < -0.39 is 11.8 Å². The van der Waals surface area contributed by atoms with Crippen molar-refractivity contribution >= 4 is 81.6 Å². The number of aryl methyl sites for hydroxylation is 2. The number of halogens is 1. The number of fused-ring (bicyclic) bond motifs is 3. The van der Waals surface area contributed by atoms with Crippen LogP contribution in [0.5, 0.6) is 11.5 Å². The van der Waals surface area contributed by atoms with Gasteiger partial charge >= 0.3 is 5.97 Å². The number of esters is 1. The van der Waals surface area contributed by atoms with E-state index in [1.54, 1.807) is 34.0 Å². The zero-order chi connectivity index (χ0) is 36.4. The standard InChI is InChI=1S/C39H55FN2O4S4/c1-11-15-16-26(12-2)23-46-39(43)38-31(40)30-25(6)48-36(37(30)50-38)29-22-28-33(45-20-18-42(9,10)14-4)34-27(21-24(5)47-34)32(35(28)49-29)44-19-17-41(7,8)13-3/h21-22,26H,11-20,23H2,1-10H3/q+2. The van der Waals surface area contributed by atoms with Gasteiger partial charge in [-0.25, -0.2) is 9.18 Å². The quantitative estimate of drug-likeness (QED) is 0.0659. The molecule has 0 amide bonds. The number of nitrogens with zero attached hydrogens (tertiary/aromatic N) is 2. The van der Waals surface area contributed by atoms with Crippen LogP contribution in [0.15, 0.2) is 12.1 Å². The van der Waals surface area contributed by atoms with Gasteiger partial charge in [0, 0.05) is 30.8 Å². The van der Waals surface area contributed by atoms with E-state index in [-0.39, 0.29) is 4.88 Å². The second-order valence-corrected chi connectivity index (χ2v) is 19.3. The average Bonchev–Trinajstić information content (AvgIpc) is 3.85. The van der Waals surface area contributed by atoms with Crippen LogP contribution in [0.25, 0.3) is 40.0 Å². The van der Waals surface area contributed by atoms with Gasteiger partial charge in [-0.15, -0.1) is 45.3 Å². The third-order valence-corrected chi connectivity index (χ3v) is 14.9. The first-order valence-corrected chi connectivity index (χ1v) is 21.3. The molecule has 11 heteroatoms. The summed E-state index contributed by atoms with van der Waals surface area (Å²) in [5.74, 6) is 1.06. The fourth-order valence-electron chi connectivity index (χ4n) is 5.92. The van der Waals surface area contributed by atoms with Crippen molar-refractivity contribution < 1.29 is 32.4 Å². The Morgan fingerprint density at radius 2 is 1.42 bits per heavy atom. The molecule has 0 bridgehead atoms. The number of benzene rings is 1. The molecule has 0 N–H and O–H groups in total. The molecule has 1 atom stereocenters. The molecule has 0 radical (unpaired) electrons. The van der Waals surface area contributed by atoms with Crippen LogP contribution >= 0.6 is 45.3 Å². The number of unbranched alkanes of at least 4 members (excludes halogenated alkanes) is 1. The fourth-order valence-corrected chi connectivity index (χ4v) is 10.7. The Labute approximate surface area is 313 Å². The number of hydrogen-bond acceptors (Lipinski definition) is 8. The highest BCUT2D eigenvalue weighted by Gasteiger charge is 2.29. The lowest BCUT2D eigenvalue weighted by Gasteiger charge is -2.28. The zero-order valence-corrected chi connectivity index (χ0v) is 34.8. The largest absolute Gasteiger partial charge is 0.486 e. The molecule has 4 aromatic heterocycles. The Bertz CT molecular complexity index is 1870. The number of carbonyl (C=O) groups excluding carboxylic acids is 1. The van der Waals surface area contributed by atoms with Crippen molar-refractivity contribution in [3.05, 3.63) is 32.6 Å². The molecule has 6 nitrogen and oxygen atoms in total. The maximum Gasteiger partial charge on any atom is 0.351 e. The highest BCUT2D eigenvalue weighted by molar-refractivity contribution is 7.31. The van der Waals surface area contributed by atoms with Gasteiger partial charge in [-0.2, -0.15) is 0 Å². The van der Waals surface area contributed by atoms with E-state index in [0.29, 0.717) is 31.1 Å². The van der Waals surface area contributed by atoms with Gasteiger partial charge in [0.25, 0.3) is 0 Å². The van der Waals surface area contributed by atoms with Crippen LogP contribution < -0.4 is 9.47 Å². The molecule has 1 aromatic carbocycles. The zero-order valence-electron chi connectivity index (χ0n) is 31.5. The molecule has 0 aliphatic heterocycles. The Kier molecular flexibility index (Phi) is 12.6. The summed E-state index contributed by atoms with van der Waals surface area (Å²) in [6.45, 7) is 18.1. The fraction of sp³-hybridized carbons (Fsp3) is 0.564. The van der Waals surface area contributed by atoms with Crippen LogP contribution in [0.4, 0.5) is 4.39 Å². The molecular formula is C39H55FN2O4S4+2. The lowest BCUT2D eigenvalue weighted by atomic mass is 10.0. The van der Waals surface area contributed by atoms with E-state index in [4.69, 9.17) is 14.2 Å². The van der Waals surface area contributed by atoms with Crippen molar-refractivity contribution in [3.8, 4) is 21.3 Å². The van der Waals surface area contributed by atoms with Crippen LogP contribution in [-0.4, -0.2) is 89.1 Å². The summed E-state index contributed by atoms with van der Waals surface area (Å²) in [4.78, 5) is 17.4. The number of rotatable bonds is 18. The van der Waals surface area contributed by atoms with Crippen molar-refractivity contribution in [2.45, 2.75) is 67.2 Å². The smallest absolute Gasteiger partial charge is 0.351 e. The van der Waals surface area contributed by atoms with Gasteiger partial charge in [0.15, 0.2) is 5.82 Å². The van der Waals surface area contributed by atoms with Gasteiger partial charge in [-0.3, -0.25) is 0 Å². The highest BCUT2D eigenvalue weighted by Crippen LogP contribution is 2.54. The van der Waals surface area contributed by atoms with Crippen LogP contribution in [0, 0.1) is 25.6 Å². The summed E-state index contributed by atoms with van der Waals surface area (Å²) in [6, 6.07) is 4.42. The molecule has 0 spiro atoms. The van der Waals surface area contributed by atoms with Crippen LogP contribution in [0.1, 0.15) is 72.8 Å². The Balaban J connectivity index is 1.59. The normalized spacial score (nSPS) is 13.2. The Hall–Kier alpha value is -2.28. The minimum absolute atomic E-state index is 0.0657. The van der Waals surface area contributed by atoms with Gasteiger partial charge in [0.1, 0.15) is 42.7 Å². The number of quaternary nitrogens is 2. The molecule has 0 saturated carbocycles. The number of likely N-dealkylation sites (N-methyl/N-ethyl adjacent to an activating group) is 2. The maximum atomic E-state index is 16.0. The third-order valence-electron chi connectivity index (χ3n) is 10.2. The number of ether oxygens (including phenoxy) is 3. The average molecular weight is 763 g/mol. The molecule has 0 fully saturated rings. The molecule has 274 valence electrons. The molecule has 4 heterocycles.